The first kappa shape index (κ1) is 21.3. The lowest BCUT2D eigenvalue weighted by Gasteiger charge is -2.23. The summed E-state index contributed by atoms with van der Waals surface area (Å²) >= 11 is 1.32. The smallest absolute Gasteiger partial charge is 0.341 e. The SMILES string of the molecule is CCCOC(=O)c1c(NC(=O)[C@H]2[C@@H](C(=O)O)[C@H]3C=C[C@@H]2C3)sc(C)c1-c1ccccc1. The molecule has 6 nitrogen and oxygen atoms in total. The normalized spacial score (nSPS) is 23.7. The largest absolute Gasteiger partial charge is 0.481 e. The van der Waals surface area contributed by atoms with E-state index in [2.05, 4.69) is 5.32 Å². The highest BCUT2D eigenvalue weighted by Gasteiger charge is 2.51. The molecule has 162 valence electrons. The number of benzene rings is 1. The summed E-state index contributed by atoms with van der Waals surface area (Å²) in [6.07, 6.45) is 5.22. The van der Waals surface area contributed by atoms with Gasteiger partial charge in [0, 0.05) is 10.4 Å². The highest BCUT2D eigenvalue weighted by Crippen LogP contribution is 2.49. The zero-order valence-electron chi connectivity index (χ0n) is 17.5. The number of esters is 1. The fraction of sp³-hybridized carbons (Fsp3) is 0.375. The molecule has 1 amide bonds. The first-order valence-corrected chi connectivity index (χ1v) is 11.3. The Hall–Kier alpha value is -2.93. The molecule has 1 aromatic heterocycles. The van der Waals surface area contributed by atoms with Gasteiger partial charge in [-0.2, -0.15) is 0 Å². The third-order valence-corrected chi connectivity index (χ3v) is 7.09. The molecule has 2 aliphatic rings. The maximum absolute atomic E-state index is 13.2. The molecule has 2 bridgehead atoms. The first-order chi connectivity index (χ1) is 14.9. The molecular weight excluding hydrogens is 414 g/mol. The molecule has 0 spiro atoms. The van der Waals surface area contributed by atoms with Gasteiger partial charge in [0.1, 0.15) is 10.6 Å². The Labute approximate surface area is 184 Å². The second-order valence-electron chi connectivity index (χ2n) is 8.07. The lowest BCUT2D eigenvalue weighted by Crippen LogP contribution is -2.36. The van der Waals surface area contributed by atoms with E-state index in [-0.39, 0.29) is 24.3 Å². The summed E-state index contributed by atoms with van der Waals surface area (Å²) < 4.78 is 5.42. The van der Waals surface area contributed by atoms with Crippen LogP contribution in [0.25, 0.3) is 11.1 Å². The number of aryl methyl sites for hydroxylation is 1. The number of anilines is 1. The highest BCUT2D eigenvalue weighted by atomic mass is 32.1. The van der Waals surface area contributed by atoms with Crippen molar-refractivity contribution in [3.63, 3.8) is 0 Å². The molecule has 1 saturated carbocycles. The summed E-state index contributed by atoms with van der Waals surface area (Å²) in [5, 5.41) is 13.0. The van der Waals surface area contributed by atoms with Crippen LogP contribution in [0.3, 0.4) is 0 Å². The fourth-order valence-corrected chi connectivity index (χ4v) is 5.83. The van der Waals surface area contributed by atoms with Crippen molar-refractivity contribution in [1.29, 1.82) is 0 Å². The van der Waals surface area contributed by atoms with Crippen LogP contribution in [0.5, 0.6) is 0 Å². The van der Waals surface area contributed by atoms with Crippen LogP contribution in [0.1, 0.15) is 35.0 Å². The molecule has 0 radical (unpaired) electrons. The number of thiophene rings is 1. The van der Waals surface area contributed by atoms with Gasteiger partial charge in [-0.1, -0.05) is 49.4 Å². The fourth-order valence-electron chi connectivity index (χ4n) is 4.76. The number of carbonyl (C=O) groups is 3. The second kappa shape index (κ2) is 8.67. The average Bonchev–Trinajstić information content (AvgIpc) is 3.45. The van der Waals surface area contributed by atoms with Gasteiger partial charge in [-0.25, -0.2) is 4.79 Å². The van der Waals surface area contributed by atoms with Crippen LogP contribution in [0.15, 0.2) is 42.5 Å². The number of rotatable bonds is 7. The van der Waals surface area contributed by atoms with Crippen molar-refractivity contribution in [3.8, 4) is 11.1 Å². The number of fused-ring (bicyclic) bond motifs is 2. The number of nitrogens with one attached hydrogen (secondary N) is 1. The average molecular weight is 440 g/mol. The van der Waals surface area contributed by atoms with Gasteiger partial charge in [0.2, 0.25) is 5.91 Å². The van der Waals surface area contributed by atoms with Crippen molar-refractivity contribution in [2.75, 3.05) is 11.9 Å². The molecule has 4 rings (SSSR count). The standard InChI is InChI=1S/C24H25NO5S/c1-3-11-30-24(29)20-17(14-7-5-4-6-8-14)13(2)31-22(20)25-21(26)18-15-9-10-16(12-15)19(18)23(27)28/h4-10,15-16,18-19H,3,11-12H2,1-2H3,(H,25,26)(H,27,28)/t15-,16+,18-,19+/m1/s1. The van der Waals surface area contributed by atoms with Crippen LogP contribution in [-0.4, -0.2) is 29.6 Å². The Morgan fingerprint density at radius 1 is 1.13 bits per heavy atom. The van der Waals surface area contributed by atoms with Crippen molar-refractivity contribution in [2.24, 2.45) is 23.7 Å². The molecule has 0 saturated heterocycles. The maximum Gasteiger partial charge on any atom is 0.341 e. The van der Waals surface area contributed by atoms with E-state index in [0.29, 0.717) is 23.4 Å². The maximum atomic E-state index is 13.2. The summed E-state index contributed by atoms with van der Waals surface area (Å²) in [5.74, 6) is -3.37. The molecule has 1 heterocycles. The van der Waals surface area contributed by atoms with Gasteiger partial charge in [0.15, 0.2) is 0 Å². The predicted octanol–water partition coefficient (Wildman–Crippen LogP) is 4.75. The molecule has 7 heteroatoms. The number of carbonyl (C=O) groups excluding carboxylic acids is 2. The number of aliphatic carboxylic acids is 1. The molecule has 4 atom stereocenters. The summed E-state index contributed by atoms with van der Waals surface area (Å²) in [4.78, 5) is 38.9. The van der Waals surface area contributed by atoms with Crippen molar-refractivity contribution in [3.05, 3.63) is 52.9 Å². The number of carboxylic acids is 1. The molecule has 2 aromatic rings. The molecule has 1 aromatic carbocycles. The molecule has 31 heavy (non-hydrogen) atoms. The lowest BCUT2D eigenvalue weighted by atomic mass is 9.82. The lowest BCUT2D eigenvalue weighted by molar-refractivity contribution is -0.146. The van der Waals surface area contributed by atoms with Crippen molar-refractivity contribution < 1.29 is 24.2 Å². The third-order valence-electron chi connectivity index (χ3n) is 6.07. The predicted molar refractivity (Wildman–Crippen MR) is 119 cm³/mol. The highest BCUT2D eigenvalue weighted by molar-refractivity contribution is 7.17. The quantitative estimate of drug-likeness (QED) is 0.480. The molecular formula is C24H25NO5S. The monoisotopic (exact) mass is 439 g/mol. The molecule has 0 aliphatic heterocycles. The summed E-state index contributed by atoms with van der Waals surface area (Å²) in [5.41, 5.74) is 1.94. The van der Waals surface area contributed by atoms with Gasteiger partial charge in [-0.05, 0) is 37.2 Å². The van der Waals surface area contributed by atoms with Crippen LogP contribution in [-0.2, 0) is 14.3 Å². The van der Waals surface area contributed by atoms with E-state index >= 15 is 0 Å². The zero-order chi connectivity index (χ0) is 22.1. The number of ether oxygens (including phenoxy) is 1. The number of allylic oxidation sites excluding steroid dienone is 2. The minimum Gasteiger partial charge on any atom is -0.481 e. The van der Waals surface area contributed by atoms with E-state index in [1.165, 1.54) is 11.3 Å². The Kier molecular flexibility index (Phi) is 5.96. The summed E-state index contributed by atoms with van der Waals surface area (Å²) in [6, 6.07) is 9.52. The van der Waals surface area contributed by atoms with Crippen molar-refractivity contribution in [2.45, 2.75) is 26.7 Å². The van der Waals surface area contributed by atoms with Crippen molar-refractivity contribution in [1.82, 2.24) is 0 Å². The topological polar surface area (TPSA) is 92.7 Å². The zero-order valence-corrected chi connectivity index (χ0v) is 18.3. The van der Waals surface area contributed by atoms with Gasteiger partial charge < -0.3 is 15.2 Å². The molecule has 0 unspecified atom stereocenters. The van der Waals surface area contributed by atoms with Crippen LogP contribution < -0.4 is 5.32 Å². The van der Waals surface area contributed by atoms with E-state index in [1.54, 1.807) is 0 Å². The van der Waals surface area contributed by atoms with Crippen LogP contribution in [0.4, 0.5) is 5.00 Å². The number of hydrogen-bond acceptors (Lipinski definition) is 5. The third kappa shape index (κ3) is 3.90. The van der Waals surface area contributed by atoms with Gasteiger partial charge in [-0.3, -0.25) is 9.59 Å². The Bertz CT molecular complexity index is 1040. The Morgan fingerprint density at radius 2 is 1.81 bits per heavy atom. The van der Waals surface area contributed by atoms with Gasteiger partial charge >= 0.3 is 11.9 Å². The van der Waals surface area contributed by atoms with Gasteiger partial charge in [0.25, 0.3) is 0 Å². The summed E-state index contributed by atoms with van der Waals surface area (Å²) in [7, 11) is 0. The Morgan fingerprint density at radius 3 is 2.45 bits per heavy atom. The molecule has 1 fully saturated rings. The van der Waals surface area contributed by atoms with Gasteiger partial charge in [-0.15, -0.1) is 11.3 Å². The van der Waals surface area contributed by atoms with Crippen LogP contribution in [0, 0.1) is 30.6 Å². The minimum atomic E-state index is -0.952. The Balaban J connectivity index is 1.70. The van der Waals surface area contributed by atoms with Crippen LogP contribution in [0.2, 0.25) is 0 Å². The first-order valence-electron chi connectivity index (χ1n) is 10.5. The summed E-state index contributed by atoms with van der Waals surface area (Å²) in [6.45, 7) is 4.11. The van der Waals surface area contributed by atoms with E-state index in [4.69, 9.17) is 4.74 Å². The van der Waals surface area contributed by atoms with E-state index in [0.717, 1.165) is 16.0 Å². The second-order valence-corrected chi connectivity index (χ2v) is 9.29. The number of carboxylic acid groups (broad SMARTS) is 1. The van der Waals surface area contributed by atoms with Crippen LogP contribution >= 0.6 is 11.3 Å². The van der Waals surface area contributed by atoms with E-state index in [1.807, 2.05) is 56.3 Å². The van der Waals surface area contributed by atoms with Gasteiger partial charge in [0.05, 0.1) is 18.4 Å². The minimum absolute atomic E-state index is 0.0868. The number of amides is 1. The van der Waals surface area contributed by atoms with Crippen molar-refractivity contribution >= 4 is 34.2 Å². The molecule has 2 N–H and O–H groups in total. The van der Waals surface area contributed by atoms with E-state index in [9.17, 15) is 19.5 Å². The van der Waals surface area contributed by atoms with E-state index < -0.39 is 23.8 Å². The molecule has 2 aliphatic carbocycles. The number of hydrogen-bond donors (Lipinski definition) is 2.